The van der Waals surface area contributed by atoms with Gasteiger partial charge in [-0.1, -0.05) is 0 Å². The number of anilines is 1. The summed E-state index contributed by atoms with van der Waals surface area (Å²) in [6, 6.07) is 0. The molecule has 1 N–H and O–H groups in total. The molecule has 1 saturated carbocycles. The second-order valence-electron chi connectivity index (χ2n) is 5.49. The quantitative estimate of drug-likeness (QED) is 0.906. The molecule has 1 aromatic rings. The minimum atomic E-state index is 0.487. The highest BCUT2D eigenvalue weighted by Gasteiger charge is 2.41. The van der Waals surface area contributed by atoms with Crippen LogP contribution in [0.3, 0.4) is 0 Å². The van der Waals surface area contributed by atoms with Crippen LogP contribution in [0.2, 0.25) is 0 Å². The molecule has 0 aromatic carbocycles. The summed E-state index contributed by atoms with van der Waals surface area (Å²) in [5.41, 5.74) is 2.66. The lowest BCUT2D eigenvalue weighted by Crippen LogP contribution is -2.21. The van der Waals surface area contributed by atoms with E-state index in [1.54, 1.807) is 0 Å². The van der Waals surface area contributed by atoms with Crippen molar-refractivity contribution in [2.24, 2.45) is 0 Å². The zero-order valence-electron chi connectivity index (χ0n) is 11.3. The van der Waals surface area contributed by atoms with Crippen molar-refractivity contribution in [3.8, 4) is 0 Å². The predicted molar refractivity (Wildman–Crippen MR) is 77.4 cm³/mol. The average Bonchev–Trinajstić information content (AvgIpc) is 3.16. The number of hydrogen-bond donors (Lipinski definition) is 1. The average molecular weight is 263 g/mol. The lowest BCUT2D eigenvalue weighted by molar-refractivity contribution is 0.659. The molecule has 3 nitrogen and oxygen atoms in total. The van der Waals surface area contributed by atoms with Crippen molar-refractivity contribution < 1.29 is 0 Å². The molecular weight excluding hydrogens is 242 g/mol. The van der Waals surface area contributed by atoms with E-state index in [1.165, 1.54) is 36.9 Å². The molecule has 98 valence electrons. The van der Waals surface area contributed by atoms with Crippen molar-refractivity contribution in [1.29, 1.82) is 0 Å². The first-order valence-electron chi connectivity index (χ1n) is 6.88. The summed E-state index contributed by atoms with van der Waals surface area (Å²) in [4.78, 5) is 9.22. The fourth-order valence-corrected chi connectivity index (χ4v) is 3.43. The molecular formula is C14H21N3S. The van der Waals surface area contributed by atoms with Crippen LogP contribution in [0.25, 0.3) is 0 Å². The maximum Gasteiger partial charge on any atom is 0.133 e. The second-order valence-corrected chi connectivity index (χ2v) is 6.77. The van der Waals surface area contributed by atoms with E-state index in [2.05, 4.69) is 21.5 Å². The first-order valence-corrected chi connectivity index (χ1v) is 8.10. The van der Waals surface area contributed by atoms with Crippen LogP contribution in [0.1, 0.15) is 42.8 Å². The van der Waals surface area contributed by atoms with Crippen molar-refractivity contribution in [2.45, 2.75) is 50.2 Å². The Kier molecular flexibility index (Phi) is 3.22. The molecule has 1 aromatic heterocycles. The molecule has 0 radical (unpaired) electrons. The molecule has 0 atom stereocenters. The summed E-state index contributed by atoms with van der Waals surface area (Å²) >= 11 is 1.99. The Balaban J connectivity index is 1.80. The Morgan fingerprint density at radius 2 is 2.00 bits per heavy atom. The molecule has 0 unspecified atom stereocenters. The number of nitrogens with one attached hydrogen (secondary N) is 1. The van der Waals surface area contributed by atoms with Crippen LogP contribution in [0.4, 0.5) is 5.82 Å². The molecule has 3 rings (SSSR count). The van der Waals surface area contributed by atoms with Gasteiger partial charge in [0, 0.05) is 22.5 Å². The van der Waals surface area contributed by atoms with E-state index in [0.717, 1.165) is 31.0 Å². The van der Waals surface area contributed by atoms with Crippen molar-refractivity contribution in [3.05, 3.63) is 17.1 Å². The lowest BCUT2D eigenvalue weighted by atomic mass is 9.96. The van der Waals surface area contributed by atoms with Crippen molar-refractivity contribution in [2.75, 3.05) is 18.1 Å². The highest BCUT2D eigenvalue weighted by Crippen LogP contribution is 2.47. The minimum Gasteiger partial charge on any atom is -0.368 e. The first-order chi connectivity index (χ1) is 8.72. The van der Waals surface area contributed by atoms with Gasteiger partial charge in [0.2, 0.25) is 0 Å². The van der Waals surface area contributed by atoms with Gasteiger partial charge in [0.1, 0.15) is 11.6 Å². The first kappa shape index (κ1) is 12.3. The van der Waals surface area contributed by atoms with Gasteiger partial charge in [0.15, 0.2) is 0 Å². The van der Waals surface area contributed by atoms with Gasteiger partial charge in [-0.25, -0.2) is 9.97 Å². The van der Waals surface area contributed by atoms with Crippen LogP contribution >= 0.6 is 11.8 Å². The maximum atomic E-state index is 4.62. The van der Waals surface area contributed by atoms with Gasteiger partial charge >= 0.3 is 0 Å². The van der Waals surface area contributed by atoms with Crippen molar-refractivity contribution >= 4 is 17.6 Å². The van der Waals surface area contributed by atoms with E-state index < -0.39 is 0 Å². The van der Waals surface area contributed by atoms with E-state index in [-0.39, 0.29) is 0 Å². The number of rotatable bonds is 4. The third kappa shape index (κ3) is 2.35. The third-order valence-corrected chi connectivity index (χ3v) is 5.53. The summed E-state index contributed by atoms with van der Waals surface area (Å²) in [5.74, 6) is 2.02. The topological polar surface area (TPSA) is 37.8 Å². The second kappa shape index (κ2) is 4.72. The van der Waals surface area contributed by atoms with Crippen LogP contribution in [-0.4, -0.2) is 27.5 Å². The molecule has 0 bridgehead atoms. The molecule has 1 heterocycles. The molecule has 2 aliphatic carbocycles. The summed E-state index contributed by atoms with van der Waals surface area (Å²) in [6.07, 6.45) is 9.72. The maximum absolute atomic E-state index is 4.62. The molecule has 0 aliphatic heterocycles. The number of nitrogens with zero attached hydrogens (tertiary/aromatic N) is 2. The van der Waals surface area contributed by atoms with Gasteiger partial charge < -0.3 is 5.32 Å². The van der Waals surface area contributed by atoms with Gasteiger partial charge in [-0.3, -0.25) is 0 Å². The van der Waals surface area contributed by atoms with Gasteiger partial charge in [-0.15, -0.1) is 0 Å². The van der Waals surface area contributed by atoms with Gasteiger partial charge in [-0.05, 0) is 51.7 Å². The normalized spacial score (nSPS) is 20.3. The number of hydrogen-bond acceptors (Lipinski definition) is 4. The molecule has 0 spiro atoms. The Labute approximate surface area is 113 Å². The molecule has 1 fully saturated rings. The Hall–Kier alpha value is -0.770. The van der Waals surface area contributed by atoms with E-state index in [0.29, 0.717) is 4.75 Å². The fraction of sp³-hybridized carbons (Fsp3) is 0.714. The number of fused-ring (bicyclic) bond motifs is 1. The van der Waals surface area contributed by atoms with E-state index in [9.17, 15) is 0 Å². The summed E-state index contributed by atoms with van der Waals surface area (Å²) in [5, 5.41) is 3.60. The summed E-state index contributed by atoms with van der Waals surface area (Å²) in [6.45, 7) is 3.05. The molecule has 18 heavy (non-hydrogen) atoms. The largest absolute Gasteiger partial charge is 0.368 e. The Bertz CT molecular complexity index is 455. The van der Waals surface area contributed by atoms with Crippen molar-refractivity contribution in [3.63, 3.8) is 0 Å². The highest BCUT2D eigenvalue weighted by molar-refractivity contribution is 8.00. The van der Waals surface area contributed by atoms with Crippen molar-refractivity contribution in [1.82, 2.24) is 9.97 Å². The van der Waals surface area contributed by atoms with E-state index in [1.807, 2.05) is 18.7 Å². The lowest BCUT2D eigenvalue weighted by Gasteiger charge is -2.21. The van der Waals surface area contributed by atoms with Crippen LogP contribution in [0.15, 0.2) is 0 Å². The van der Waals surface area contributed by atoms with Crippen LogP contribution < -0.4 is 5.32 Å². The smallest absolute Gasteiger partial charge is 0.133 e. The Morgan fingerprint density at radius 3 is 2.72 bits per heavy atom. The Morgan fingerprint density at radius 1 is 1.22 bits per heavy atom. The molecule has 4 heteroatoms. The van der Waals surface area contributed by atoms with Gasteiger partial charge in [-0.2, -0.15) is 11.8 Å². The SMILES string of the molecule is CSC1(CNc2nc(C)nc3c2CCCC3)CC1. The number of thioether (sulfide) groups is 1. The summed E-state index contributed by atoms with van der Waals surface area (Å²) in [7, 11) is 0. The van der Waals surface area contributed by atoms with E-state index >= 15 is 0 Å². The van der Waals surface area contributed by atoms with Crippen LogP contribution in [-0.2, 0) is 12.8 Å². The molecule has 0 amide bonds. The van der Waals surface area contributed by atoms with Crippen LogP contribution in [0.5, 0.6) is 0 Å². The minimum absolute atomic E-state index is 0.487. The zero-order valence-corrected chi connectivity index (χ0v) is 12.1. The zero-order chi connectivity index (χ0) is 12.6. The van der Waals surface area contributed by atoms with E-state index in [4.69, 9.17) is 0 Å². The predicted octanol–water partition coefficient (Wildman–Crippen LogP) is 2.97. The number of aryl methyl sites for hydroxylation is 2. The number of aromatic nitrogens is 2. The summed E-state index contributed by atoms with van der Waals surface area (Å²) < 4.78 is 0.487. The van der Waals surface area contributed by atoms with Gasteiger partial charge in [0.25, 0.3) is 0 Å². The molecule has 0 saturated heterocycles. The molecule has 2 aliphatic rings. The monoisotopic (exact) mass is 263 g/mol. The highest BCUT2D eigenvalue weighted by atomic mass is 32.2. The van der Waals surface area contributed by atoms with Gasteiger partial charge in [0.05, 0.1) is 0 Å². The standard InChI is InChI=1S/C14H21N3S/c1-10-16-12-6-4-3-5-11(12)13(17-10)15-9-14(18-2)7-8-14/h3-9H2,1-2H3,(H,15,16,17). The van der Waals surface area contributed by atoms with Crippen LogP contribution in [0, 0.1) is 6.92 Å². The third-order valence-electron chi connectivity index (χ3n) is 4.11. The fourth-order valence-electron chi connectivity index (χ4n) is 2.70.